The van der Waals surface area contributed by atoms with Crippen molar-refractivity contribution < 1.29 is 14.7 Å². The van der Waals surface area contributed by atoms with Crippen molar-refractivity contribution in [2.75, 3.05) is 6.54 Å². The summed E-state index contributed by atoms with van der Waals surface area (Å²) in [5.41, 5.74) is 8.20. The molecule has 1 aliphatic carbocycles. The molecule has 5 rings (SSSR count). The first kappa shape index (κ1) is 25.9. The van der Waals surface area contributed by atoms with Crippen LogP contribution in [0.4, 0.5) is 4.79 Å². The molecule has 0 spiro atoms. The topological polar surface area (TPSA) is 109 Å². The number of aromatic nitrogens is 1. The van der Waals surface area contributed by atoms with Crippen LogP contribution in [0.15, 0.2) is 72.9 Å². The van der Waals surface area contributed by atoms with E-state index >= 15 is 0 Å². The molecule has 7 nitrogen and oxygen atoms in total. The van der Waals surface area contributed by atoms with E-state index in [2.05, 4.69) is 10.3 Å². The summed E-state index contributed by atoms with van der Waals surface area (Å²) in [5.74, 6) is -0.307. The summed E-state index contributed by atoms with van der Waals surface area (Å²) >= 11 is 0. The van der Waals surface area contributed by atoms with Crippen LogP contribution in [-0.4, -0.2) is 39.1 Å². The van der Waals surface area contributed by atoms with Crippen LogP contribution in [-0.2, 0) is 15.7 Å². The van der Waals surface area contributed by atoms with Gasteiger partial charge in [-0.15, -0.1) is 0 Å². The number of pyridine rings is 1. The third-order valence-electron chi connectivity index (χ3n) is 8.12. The number of nitrogens with zero attached hydrogens (tertiary/aromatic N) is 2. The van der Waals surface area contributed by atoms with Gasteiger partial charge in [0.15, 0.2) is 0 Å². The molecule has 4 N–H and O–H groups in total. The molecule has 0 radical (unpaired) electrons. The quantitative estimate of drug-likeness (QED) is 0.403. The van der Waals surface area contributed by atoms with E-state index < -0.39 is 16.6 Å². The molecule has 1 saturated carbocycles. The maximum Gasteiger partial charge on any atom is 0.318 e. The van der Waals surface area contributed by atoms with Gasteiger partial charge in [-0.1, -0.05) is 60.7 Å². The van der Waals surface area contributed by atoms with Crippen LogP contribution in [0.3, 0.4) is 0 Å². The lowest BCUT2D eigenvalue weighted by molar-refractivity contribution is -0.120. The van der Waals surface area contributed by atoms with Crippen molar-refractivity contribution in [2.24, 2.45) is 5.73 Å². The molecule has 1 aliphatic heterocycles. The van der Waals surface area contributed by atoms with Crippen LogP contribution in [0.5, 0.6) is 0 Å². The van der Waals surface area contributed by atoms with E-state index in [-0.39, 0.29) is 18.0 Å². The van der Waals surface area contributed by atoms with Crippen LogP contribution in [0.1, 0.15) is 69.3 Å². The monoisotopic (exact) mass is 512 g/mol. The van der Waals surface area contributed by atoms with Gasteiger partial charge in [-0.2, -0.15) is 0 Å². The number of carbonyl (C=O) groups is 2. The summed E-state index contributed by atoms with van der Waals surface area (Å²) < 4.78 is 0. The second kappa shape index (κ2) is 9.55. The molecule has 0 bridgehead atoms. The van der Waals surface area contributed by atoms with Gasteiger partial charge >= 0.3 is 6.03 Å². The van der Waals surface area contributed by atoms with E-state index in [0.717, 1.165) is 40.8 Å². The standard InChI is InChI=1S/C31H36N4O3/c1-21(35-18-17-31(34-28(35)37,20-29(2,3)38)25-7-5-4-6-8-25)22-9-11-23(12-10-22)24-13-14-26(33-19-24)30(15-16-30)27(32)36/h4-14,19,21,38H,15-18,20H2,1-3H3,(H2,32,36)(H,34,37). The predicted octanol–water partition coefficient (Wildman–Crippen LogP) is 4.80. The number of hydrogen-bond acceptors (Lipinski definition) is 4. The van der Waals surface area contributed by atoms with Gasteiger partial charge in [-0.25, -0.2) is 4.79 Å². The number of hydrogen-bond donors (Lipinski definition) is 3. The van der Waals surface area contributed by atoms with Crippen LogP contribution in [0.25, 0.3) is 11.1 Å². The Morgan fingerprint density at radius 1 is 1.05 bits per heavy atom. The number of aliphatic hydroxyl groups is 1. The molecule has 1 aromatic heterocycles. The fourth-order valence-electron chi connectivity index (χ4n) is 5.80. The SMILES string of the molecule is CC(c1ccc(-c2ccc(C3(C(N)=O)CC3)nc2)cc1)N1CCC(CC(C)(C)O)(c2ccccc2)NC1=O. The molecule has 2 aromatic carbocycles. The molecule has 7 heteroatoms. The Morgan fingerprint density at radius 3 is 2.24 bits per heavy atom. The lowest BCUT2D eigenvalue weighted by Gasteiger charge is -2.47. The average Bonchev–Trinajstić information content (AvgIpc) is 3.71. The Balaban J connectivity index is 1.30. The van der Waals surface area contributed by atoms with Gasteiger partial charge in [0.25, 0.3) is 0 Å². The Labute approximate surface area is 224 Å². The van der Waals surface area contributed by atoms with E-state index in [1.54, 1.807) is 20.0 Å². The number of amides is 3. The fourth-order valence-corrected chi connectivity index (χ4v) is 5.80. The first-order valence-electron chi connectivity index (χ1n) is 13.3. The summed E-state index contributed by atoms with van der Waals surface area (Å²) in [6.45, 7) is 6.18. The summed E-state index contributed by atoms with van der Waals surface area (Å²) in [6.07, 6.45) is 4.44. The zero-order chi connectivity index (χ0) is 27.1. The second-order valence-corrected chi connectivity index (χ2v) is 11.5. The minimum atomic E-state index is -0.932. The number of nitrogens with one attached hydrogen (secondary N) is 1. The number of primary amides is 1. The van der Waals surface area contributed by atoms with E-state index in [9.17, 15) is 14.7 Å². The molecule has 2 fully saturated rings. The van der Waals surface area contributed by atoms with Gasteiger partial charge in [0.1, 0.15) is 0 Å². The van der Waals surface area contributed by atoms with Crippen LogP contribution >= 0.6 is 0 Å². The van der Waals surface area contributed by atoms with Crippen molar-refractivity contribution in [2.45, 2.75) is 69.1 Å². The molecule has 3 amide bonds. The van der Waals surface area contributed by atoms with Crippen molar-refractivity contribution in [1.82, 2.24) is 15.2 Å². The van der Waals surface area contributed by atoms with Crippen LogP contribution < -0.4 is 11.1 Å². The van der Waals surface area contributed by atoms with Gasteiger partial charge in [-0.05, 0) is 62.8 Å². The van der Waals surface area contributed by atoms with Crippen molar-refractivity contribution in [3.8, 4) is 11.1 Å². The first-order valence-corrected chi connectivity index (χ1v) is 13.3. The number of benzene rings is 2. The fraction of sp³-hybridized carbons (Fsp3) is 0.387. The van der Waals surface area contributed by atoms with Crippen molar-refractivity contribution in [3.05, 3.63) is 89.7 Å². The van der Waals surface area contributed by atoms with Gasteiger partial charge < -0.3 is 21.1 Å². The third-order valence-corrected chi connectivity index (χ3v) is 8.12. The van der Waals surface area contributed by atoms with Gasteiger partial charge in [0, 0.05) is 24.7 Å². The summed E-state index contributed by atoms with van der Waals surface area (Å²) in [7, 11) is 0. The lowest BCUT2D eigenvalue weighted by atomic mass is 9.77. The smallest absolute Gasteiger partial charge is 0.318 e. The summed E-state index contributed by atoms with van der Waals surface area (Å²) in [5, 5.41) is 13.9. The Kier molecular flexibility index (Phi) is 6.51. The average molecular weight is 513 g/mol. The highest BCUT2D eigenvalue weighted by Crippen LogP contribution is 2.47. The van der Waals surface area contributed by atoms with E-state index in [1.165, 1.54) is 0 Å². The van der Waals surface area contributed by atoms with Crippen LogP contribution in [0.2, 0.25) is 0 Å². The molecule has 3 aromatic rings. The molecule has 2 aliphatic rings. The lowest BCUT2D eigenvalue weighted by Crippen LogP contribution is -2.60. The normalized spacial score (nSPS) is 21.5. The minimum Gasteiger partial charge on any atom is -0.390 e. The highest BCUT2D eigenvalue weighted by atomic mass is 16.3. The van der Waals surface area contributed by atoms with Gasteiger partial charge in [-0.3, -0.25) is 9.78 Å². The molecular formula is C31H36N4O3. The van der Waals surface area contributed by atoms with Crippen molar-refractivity contribution in [3.63, 3.8) is 0 Å². The largest absolute Gasteiger partial charge is 0.390 e. The molecule has 38 heavy (non-hydrogen) atoms. The first-order chi connectivity index (χ1) is 18.0. The maximum atomic E-state index is 13.4. The van der Waals surface area contributed by atoms with Gasteiger partial charge in [0.05, 0.1) is 28.3 Å². The van der Waals surface area contributed by atoms with Gasteiger partial charge in [0.2, 0.25) is 5.91 Å². The molecule has 1 saturated heterocycles. The molecular weight excluding hydrogens is 476 g/mol. The number of carbonyl (C=O) groups excluding carboxylic acids is 2. The Bertz CT molecular complexity index is 1310. The number of rotatable bonds is 8. The Morgan fingerprint density at radius 2 is 1.71 bits per heavy atom. The maximum absolute atomic E-state index is 13.4. The number of urea groups is 1. The Hall–Kier alpha value is -3.71. The summed E-state index contributed by atoms with van der Waals surface area (Å²) in [4.78, 5) is 31.6. The third kappa shape index (κ3) is 4.90. The molecule has 2 unspecified atom stereocenters. The van der Waals surface area contributed by atoms with E-state index in [4.69, 9.17) is 5.73 Å². The second-order valence-electron chi connectivity index (χ2n) is 11.5. The minimum absolute atomic E-state index is 0.120. The highest BCUT2D eigenvalue weighted by molar-refractivity contribution is 5.89. The number of nitrogens with two attached hydrogens (primary N) is 1. The predicted molar refractivity (Wildman–Crippen MR) is 147 cm³/mol. The van der Waals surface area contributed by atoms with Crippen molar-refractivity contribution in [1.29, 1.82) is 0 Å². The summed E-state index contributed by atoms with van der Waals surface area (Å²) in [6, 6.07) is 21.7. The van der Waals surface area contributed by atoms with E-state index in [0.29, 0.717) is 19.4 Å². The molecule has 2 heterocycles. The van der Waals surface area contributed by atoms with Crippen LogP contribution in [0, 0.1) is 0 Å². The van der Waals surface area contributed by atoms with Crippen molar-refractivity contribution >= 4 is 11.9 Å². The molecule has 198 valence electrons. The van der Waals surface area contributed by atoms with E-state index in [1.807, 2.05) is 78.6 Å². The zero-order valence-corrected chi connectivity index (χ0v) is 22.3. The molecule has 2 atom stereocenters. The highest BCUT2D eigenvalue weighted by Gasteiger charge is 2.51. The zero-order valence-electron chi connectivity index (χ0n) is 22.3.